The van der Waals surface area contributed by atoms with E-state index >= 15 is 0 Å². The van der Waals surface area contributed by atoms with Gasteiger partial charge < -0.3 is 14.7 Å². The average molecular weight is 304 g/mol. The van der Waals surface area contributed by atoms with Gasteiger partial charge in [0.1, 0.15) is 17.4 Å². The summed E-state index contributed by atoms with van der Waals surface area (Å²) in [5.41, 5.74) is -0.0665. The Labute approximate surface area is 130 Å². The Hall–Kier alpha value is -1.64. The minimum Gasteiger partial charge on any atom is -0.390 e. The van der Waals surface area contributed by atoms with Gasteiger partial charge in [-0.3, -0.25) is 0 Å². The standard InChI is InChI=1S/C17H21FN2O2/c1-17(21)7-9-22-11-13(17)16-6-3-8-20(16)15-5-2-4-14(18)12(15)10-19/h2,4-5,13,16,21H,3,6-9,11H2,1H3/t13-,16-,17-/m0/s1. The van der Waals surface area contributed by atoms with Gasteiger partial charge in [-0.2, -0.15) is 5.26 Å². The number of nitrogens with zero attached hydrogens (tertiary/aromatic N) is 2. The molecule has 22 heavy (non-hydrogen) atoms. The lowest BCUT2D eigenvalue weighted by molar-refractivity contribution is -0.108. The van der Waals surface area contributed by atoms with Gasteiger partial charge in [0.15, 0.2) is 0 Å². The Bertz CT molecular complexity index is 597. The number of anilines is 1. The molecule has 0 saturated carbocycles. The normalized spacial score (nSPS) is 32.0. The molecule has 2 aliphatic heterocycles. The van der Waals surface area contributed by atoms with Crippen molar-refractivity contribution in [1.82, 2.24) is 0 Å². The van der Waals surface area contributed by atoms with Crippen molar-refractivity contribution >= 4 is 5.69 Å². The first-order valence-electron chi connectivity index (χ1n) is 7.80. The van der Waals surface area contributed by atoms with Gasteiger partial charge in [-0.1, -0.05) is 6.07 Å². The fraction of sp³-hybridized carbons (Fsp3) is 0.588. The molecule has 0 unspecified atom stereocenters. The van der Waals surface area contributed by atoms with Gasteiger partial charge in [0.05, 0.1) is 17.9 Å². The van der Waals surface area contributed by atoms with Gasteiger partial charge in [-0.05, 0) is 38.3 Å². The smallest absolute Gasteiger partial charge is 0.143 e. The fourth-order valence-electron chi connectivity index (χ4n) is 3.75. The third-order valence-electron chi connectivity index (χ3n) is 5.03. The summed E-state index contributed by atoms with van der Waals surface area (Å²) in [6, 6.07) is 6.79. The molecule has 0 aromatic heterocycles. The minimum absolute atomic E-state index is 0.0291. The van der Waals surface area contributed by atoms with Gasteiger partial charge in [0, 0.05) is 25.1 Å². The molecule has 118 valence electrons. The van der Waals surface area contributed by atoms with E-state index in [0.29, 0.717) is 25.3 Å². The van der Waals surface area contributed by atoms with E-state index in [-0.39, 0.29) is 17.5 Å². The summed E-state index contributed by atoms with van der Waals surface area (Å²) in [5.74, 6) is -0.518. The van der Waals surface area contributed by atoms with Crippen LogP contribution in [0.5, 0.6) is 0 Å². The van der Waals surface area contributed by atoms with Crippen molar-refractivity contribution in [1.29, 1.82) is 5.26 Å². The van der Waals surface area contributed by atoms with Crippen LogP contribution >= 0.6 is 0 Å². The summed E-state index contributed by atoms with van der Waals surface area (Å²) >= 11 is 0. The molecule has 1 N–H and O–H groups in total. The Balaban J connectivity index is 1.94. The quantitative estimate of drug-likeness (QED) is 0.912. The number of hydrogen-bond acceptors (Lipinski definition) is 4. The van der Waals surface area contributed by atoms with Crippen LogP contribution in [0.25, 0.3) is 0 Å². The van der Waals surface area contributed by atoms with Gasteiger partial charge in [-0.15, -0.1) is 0 Å². The summed E-state index contributed by atoms with van der Waals surface area (Å²) in [6.07, 6.45) is 2.50. The van der Waals surface area contributed by atoms with E-state index < -0.39 is 11.4 Å². The predicted molar refractivity (Wildman–Crippen MR) is 81.0 cm³/mol. The van der Waals surface area contributed by atoms with Crippen molar-refractivity contribution < 1.29 is 14.2 Å². The van der Waals surface area contributed by atoms with E-state index in [1.807, 2.05) is 13.0 Å². The van der Waals surface area contributed by atoms with Crippen LogP contribution in [0.1, 0.15) is 31.7 Å². The topological polar surface area (TPSA) is 56.5 Å². The molecular weight excluding hydrogens is 283 g/mol. The van der Waals surface area contributed by atoms with Crippen LogP contribution in [0.4, 0.5) is 10.1 Å². The van der Waals surface area contributed by atoms with E-state index in [9.17, 15) is 14.8 Å². The molecule has 0 spiro atoms. The third-order valence-corrected chi connectivity index (χ3v) is 5.03. The summed E-state index contributed by atoms with van der Waals surface area (Å²) in [4.78, 5) is 2.08. The van der Waals surface area contributed by atoms with Crippen LogP contribution in [-0.4, -0.2) is 36.5 Å². The highest BCUT2D eigenvalue weighted by Gasteiger charge is 2.44. The maximum absolute atomic E-state index is 13.9. The Morgan fingerprint density at radius 3 is 3.05 bits per heavy atom. The van der Waals surface area contributed by atoms with Gasteiger partial charge in [0.2, 0.25) is 0 Å². The second-order valence-electron chi connectivity index (χ2n) is 6.44. The molecule has 3 atom stereocenters. The fourth-order valence-corrected chi connectivity index (χ4v) is 3.75. The zero-order valence-electron chi connectivity index (χ0n) is 12.8. The molecule has 1 aromatic rings. The summed E-state index contributed by atoms with van der Waals surface area (Å²) in [6.45, 7) is 3.70. The second kappa shape index (κ2) is 5.86. The van der Waals surface area contributed by atoms with E-state index in [1.165, 1.54) is 6.07 Å². The lowest BCUT2D eigenvalue weighted by atomic mass is 9.79. The maximum Gasteiger partial charge on any atom is 0.143 e. The summed E-state index contributed by atoms with van der Waals surface area (Å²) in [7, 11) is 0. The Morgan fingerprint density at radius 2 is 2.32 bits per heavy atom. The first kappa shape index (κ1) is 15.3. The van der Waals surface area contributed by atoms with E-state index in [2.05, 4.69) is 4.90 Å². The van der Waals surface area contributed by atoms with Crippen LogP contribution < -0.4 is 4.90 Å². The van der Waals surface area contributed by atoms with Crippen molar-refractivity contribution in [2.45, 2.75) is 37.8 Å². The molecule has 2 aliphatic rings. The molecule has 2 saturated heterocycles. The van der Waals surface area contributed by atoms with Gasteiger partial charge >= 0.3 is 0 Å². The predicted octanol–water partition coefficient (Wildman–Crippen LogP) is 2.45. The maximum atomic E-state index is 13.9. The molecule has 3 rings (SSSR count). The Morgan fingerprint density at radius 1 is 1.50 bits per heavy atom. The lowest BCUT2D eigenvalue weighted by Gasteiger charge is -2.44. The van der Waals surface area contributed by atoms with Crippen LogP contribution in [0.2, 0.25) is 0 Å². The molecule has 0 aliphatic carbocycles. The van der Waals surface area contributed by atoms with Crippen LogP contribution in [0.15, 0.2) is 18.2 Å². The number of nitriles is 1. The molecule has 0 bridgehead atoms. The van der Waals surface area contributed by atoms with Crippen molar-refractivity contribution in [3.8, 4) is 6.07 Å². The van der Waals surface area contributed by atoms with Crippen LogP contribution in [0, 0.1) is 23.1 Å². The van der Waals surface area contributed by atoms with E-state index in [1.54, 1.807) is 12.1 Å². The number of benzene rings is 1. The van der Waals surface area contributed by atoms with Crippen molar-refractivity contribution in [3.63, 3.8) is 0 Å². The van der Waals surface area contributed by atoms with Crippen molar-refractivity contribution in [2.24, 2.45) is 5.92 Å². The van der Waals surface area contributed by atoms with Crippen molar-refractivity contribution in [3.05, 3.63) is 29.6 Å². The van der Waals surface area contributed by atoms with Crippen molar-refractivity contribution in [2.75, 3.05) is 24.7 Å². The first-order valence-corrected chi connectivity index (χ1v) is 7.80. The zero-order chi connectivity index (χ0) is 15.7. The van der Waals surface area contributed by atoms with E-state index in [0.717, 1.165) is 19.4 Å². The molecular formula is C17H21FN2O2. The average Bonchev–Trinajstić information content (AvgIpc) is 2.95. The number of aliphatic hydroxyl groups is 1. The third kappa shape index (κ3) is 2.57. The second-order valence-corrected chi connectivity index (χ2v) is 6.44. The number of ether oxygens (including phenoxy) is 1. The SMILES string of the molecule is C[C@]1(O)CCOC[C@H]1[C@@H]1CCCN1c1cccc(F)c1C#N. The van der Waals surface area contributed by atoms with Crippen LogP contribution in [-0.2, 0) is 4.74 Å². The molecule has 2 heterocycles. The molecule has 1 aromatic carbocycles. The Kier molecular flexibility index (Phi) is 4.07. The van der Waals surface area contributed by atoms with E-state index in [4.69, 9.17) is 4.74 Å². The lowest BCUT2D eigenvalue weighted by Crippen LogP contribution is -2.52. The minimum atomic E-state index is -0.786. The number of halogens is 1. The zero-order valence-corrected chi connectivity index (χ0v) is 12.8. The highest BCUT2D eigenvalue weighted by atomic mass is 19.1. The number of rotatable bonds is 2. The molecule has 0 radical (unpaired) electrons. The van der Waals surface area contributed by atoms with Gasteiger partial charge in [0.25, 0.3) is 0 Å². The number of hydrogen-bond donors (Lipinski definition) is 1. The highest BCUT2D eigenvalue weighted by Crippen LogP contribution is 2.39. The summed E-state index contributed by atoms with van der Waals surface area (Å²) < 4.78 is 19.5. The molecule has 2 fully saturated rings. The van der Waals surface area contributed by atoms with Crippen LogP contribution in [0.3, 0.4) is 0 Å². The monoisotopic (exact) mass is 304 g/mol. The summed E-state index contributed by atoms with van der Waals surface area (Å²) in [5, 5.41) is 20.0. The molecule has 0 amide bonds. The first-order chi connectivity index (χ1) is 10.5. The molecule has 4 nitrogen and oxygen atoms in total. The highest BCUT2D eigenvalue weighted by molar-refractivity contribution is 5.61. The largest absolute Gasteiger partial charge is 0.390 e. The van der Waals surface area contributed by atoms with Gasteiger partial charge in [-0.25, -0.2) is 4.39 Å². The molecule has 5 heteroatoms.